The molecule has 0 saturated carbocycles. The van der Waals surface area contributed by atoms with Gasteiger partial charge in [0.05, 0.1) is 0 Å². The van der Waals surface area contributed by atoms with Gasteiger partial charge in [-0.1, -0.05) is 19.1 Å². The largest absolute Gasteiger partial charge is 0.322 e. The van der Waals surface area contributed by atoms with Crippen LogP contribution in [0.3, 0.4) is 0 Å². The fourth-order valence-electron chi connectivity index (χ4n) is 4.71. The smallest absolute Gasteiger partial charge is 0.255 e. The summed E-state index contributed by atoms with van der Waals surface area (Å²) >= 11 is 0. The molecule has 7 heteroatoms. The minimum Gasteiger partial charge on any atom is -0.322 e. The van der Waals surface area contributed by atoms with Crippen molar-refractivity contribution in [3.05, 3.63) is 34.9 Å². The third-order valence-corrected chi connectivity index (χ3v) is 6.36. The van der Waals surface area contributed by atoms with Crippen molar-refractivity contribution in [3.8, 4) is 0 Å². The Hall–Kier alpha value is -2.25. The van der Waals surface area contributed by atoms with Crippen molar-refractivity contribution in [2.24, 2.45) is 5.92 Å². The highest BCUT2D eigenvalue weighted by atomic mass is 16.2. The molecule has 29 heavy (non-hydrogen) atoms. The Kier molecular flexibility index (Phi) is 5.96. The lowest BCUT2D eigenvalue weighted by atomic mass is 9.98. The summed E-state index contributed by atoms with van der Waals surface area (Å²) in [5.74, 6) is -0.0370. The number of imide groups is 1. The third kappa shape index (κ3) is 4.36. The zero-order chi connectivity index (χ0) is 20.4. The lowest BCUT2D eigenvalue weighted by Crippen LogP contribution is -2.52. The van der Waals surface area contributed by atoms with Gasteiger partial charge >= 0.3 is 0 Å². The summed E-state index contributed by atoms with van der Waals surface area (Å²) in [5, 5.41) is 5.83. The molecule has 3 aliphatic rings. The molecule has 2 saturated heterocycles. The highest BCUT2D eigenvalue weighted by molar-refractivity contribution is 6.05. The molecule has 1 aromatic rings. The van der Waals surface area contributed by atoms with Crippen LogP contribution in [0, 0.1) is 5.92 Å². The van der Waals surface area contributed by atoms with E-state index in [0.29, 0.717) is 24.4 Å². The summed E-state index contributed by atoms with van der Waals surface area (Å²) < 4.78 is 0. The first kappa shape index (κ1) is 20.0. The van der Waals surface area contributed by atoms with Gasteiger partial charge in [0.25, 0.3) is 5.91 Å². The van der Waals surface area contributed by atoms with E-state index in [1.54, 1.807) is 4.90 Å². The predicted molar refractivity (Wildman–Crippen MR) is 109 cm³/mol. The van der Waals surface area contributed by atoms with E-state index in [0.717, 1.165) is 43.9 Å². The molecule has 0 radical (unpaired) electrons. The second kappa shape index (κ2) is 8.63. The van der Waals surface area contributed by atoms with Crippen molar-refractivity contribution in [3.63, 3.8) is 0 Å². The molecule has 3 heterocycles. The summed E-state index contributed by atoms with van der Waals surface area (Å²) in [6.07, 6.45) is 3.19. The van der Waals surface area contributed by atoms with Crippen molar-refractivity contribution < 1.29 is 14.4 Å². The maximum atomic E-state index is 13.0. The Morgan fingerprint density at radius 3 is 2.79 bits per heavy atom. The number of nitrogens with zero attached hydrogens (tertiary/aromatic N) is 2. The molecule has 4 rings (SSSR count). The molecule has 0 aliphatic carbocycles. The molecular weight excluding hydrogens is 368 g/mol. The Balaban J connectivity index is 1.43. The first-order valence-corrected chi connectivity index (χ1v) is 10.7. The van der Waals surface area contributed by atoms with Crippen LogP contribution in [0.15, 0.2) is 18.2 Å². The van der Waals surface area contributed by atoms with Crippen LogP contribution in [0.5, 0.6) is 0 Å². The Morgan fingerprint density at radius 2 is 2.07 bits per heavy atom. The molecule has 2 unspecified atom stereocenters. The summed E-state index contributed by atoms with van der Waals surface area (Å²) in [4.78, 5) is 40.6. The quantitative estimate of drug-likeness (QED) is 0.706. The van der Waals surface area contributed by atoms with E-state index >= 15 is 0 Å². The number of nitrogens with one attached hydrogen (secondary N) is 2. The Labute approximate surface area is 171 Å². The first-order valence-electron chi connectivity index (χ1n) is 10.7. The van der Waals surface area contributed by atoms with Gasteiger partial charge in [0.15, 0.2) is 0 Å². The van der Waals surface area contributed by atoms with Gasteiger partial charge in [-0.05, 0) is 62.0 Å². The van der Waals surface area contributed by atoms with Crippen molar-refractivity contribution in [2.45, 2.75) is 51.7 Å². The Morgan fingerprint density at radius 1 is 1.21 bits per heavy atom. The van der Waals surface area contributed by atoms with E-state index < -0.39 is 6.04 Å². The third-order valence-electron chi connectivity index (χ3n) is 6.36. The topological polar surface area (TPSA) is 81.8 Å². The predicted octanol–water partition coefficient (Wildman–Crippen LogP) is 1.27. The number of fused-ring (bicyclic) bond motifs is 1. The number of carbonyl (C=O) groups is 3. The molecular formula is C22H30N4O3. The van der Waals surface area contributed by atoms with Crippen LogP contribution in [0.1, 0.15) is 54.1 Å². The van der Waals surface area contributed by atoms with Crippen molar-refractivity contribution in [1.29, 1.82) is 0 Å². The summed E-state index contributed by atoms with van der Waals surface area (Å²) in [5.41, 5.74) is 2.79. The molecule has 0 aromatic heterocycles. The molecule has 156 valence electrons. The maximum Gasteiger partial charge on any atom is 0.255 e. The van der Waals surface area contributed by atoms with Crippen LogP contribution in [0.4, 0.5) is 0 Å². The second-order valence-corrected chi connectivity index (χ2v) is 8.43. The number of hydrogen-bond donors (Lipinski definition) is 2. The van der Waals surface area contributed by atoms with Gasteiger partial charge in [-0.15, -0.1) is 0 Å². The number of rotatable bonds is 6. The Bertz CT molecular complexity index is 803. The summed E-state index contributed by atoms with van der Waals surface area (Å²) in [7, 11) is 0. The first-order chi connectivity index (χ1) is 14.0. The molecule has 7 nitrogen and oxygen atoms in total. The van der Waals surface area contributed by atoms with Crippen LogP contribution >= 0.6 is 0 Å². The standard InChI is InChI=1S/C22H30N4O3/c1-2-25(13-16-4-3-9-23-11-16)12-15-5-6-17-14-26(22(29)18(17)10-15)19-7-8-20(27)24-21(19)28/h5-6,10,16,19,23H,2-4,7-9,11-14H2,1H3,(H,24,27,28). The van der Waals surface area contributed by atoms with Crippen molar-refractivity contribution >= 4 is 17.7 Å². The minimum absolute atomic E-state index is 0.101. The minimum atomic E-state index is -0.554. The average molecular weight is 399 g/mol. The van der Waals surface area contributed by atoms with E-state index in [9.17, 15) is 14.4 Å². The molecule has 3 aliphatic heterocycles. The van der Waals surface area contributed by atoms with Gasteiger partial charge in [0, 0.05) is 31.6 Å². The molecule has 0 spiro atoms. The zero-order valence-electron chi connectivity index (χ0n) is 17.1. The molecule has 1 aromatic carbocycles. The molecule has 2 atom stereocenters. The van der Waals surface area contributed by atoms with Gasteiger partial charge < -0.3 is 10.2 Å². The fourth-order valence-corrected chi connectivity index (χ4v) is 4.71. The van der Waals surface area contributed by atoms with E-state index in [1.807, 2.05) is 12.1 Å². The van der Waals surface area contributed by atoms with Gasteiger partial charge in [-0.25, -0.2) is 0 Å². The van der Waals surface area contributed by atoms with Crippen LogP contribution in [0.2, 0.25) is 0 Å². The maximum absolute atomic E-state index is 13.0. The highest BCUT2D eigenvalue weighted by Crippen LogP contribution is 2.28. The van der Waals surface area contributed by atoms with Gasteiger partial charge in [-0.3, -0.25) is 24.6 Å². The second-order valence-electron chi connectivity index (χ2n) is 8.43. The molecule has 3 amide bonds. The number of hydrogen-bond acceptors (Lipinski definition) is 5. The van der Waals surface area contributed by atoms with E-state index in [4.69, 9.17) is 0 Å². The monoisotopic (exact) mass is 398 g/mol. The molecule has 2 fully saturated rings. The lowest BCUT2D eigenvalue weighted by molar-refractivity contribution is -0.136. The number of benzene rings is 1. The van der Waals surface area contributed by atoms with E-state index in [1.165, 1.54) is 12.8 Å². The van der Waals surface area contributed by atoms with Gasteiger partial charge in [0.1, 0.15) is 6.04 Å². The normalized spacial score (nSPS) is 24.8. The summed E-state index contributed by atoms with van der Waals surface area (Å²) in [6.45, 7) is 7.69. The van der Waals surface area contributed by atoms with Crippen LogP contribution in [0.25, 0.3) is 0 Å². The average Bonchev–Trinajstić information content (AvgIpc) is 3.04. The SMILES string of the molecule is CCN(Cc1ccc2c(c1)C(=O)N(C1CCC(=O)NC1=O)C2)CC1CCCNC1. The summed E-state index contributed by atoms with van der Waals surface area (Å²) in [6, 6.07) is 5.56. The van der Waals surface area contributed by atoms with Crippen LogP contribution in [-0.2, 0) is 22.7 Å². The van der Waals surface area contributed by atoms with Crippen molar-refractivity contribution in [2.75, 3.05) is 26.2 Å². The van der Waals surface area contributed by atoms with Crippen molar-refractivity contribution in [1.82, 2.24) is 20.4 Å². The fraction of sp³-hybridized carbons (Fsp3) is 0.591. The number of piperidine rings is 2. The molecule has 2 N–H and O–H groups in total. The number of carbonyl (C=O) groups excluding carboxylic acids is 3. The van der Waals surface area contributed by atoms with Gasteiger partial charge in [-0.2, -0.15) is 0 Å². The van der Waals surface area contributed by atoms with Crippen LogP contribution < -0.4 is 10.6 Å². The van der Waals surface area contributed by atoms with Gasteiger partial charge in [0.2, 0.25) is 11.8 Å². The molecule has 0 bridgehead atoms. The number of amides is 3. The van der Waals surface area contributed by atoms with E-state index in [2.05, 4.69) is 28.5 Å². The highest BCUT2D eigenvalue weighted by Gasteiger charge is 2.39. The lowest BCUT2D eigenvalue weighted by Gasteiger charge is -2.29. The van der Waals surface area contributed by atoms with E-state index in [-0.39, 0.29) is 24.1 Å². The zero-order valence-corrected chi connectivity index (χ0v) is 17.1. The van der Waals surface area contributed by atoms with Crippen LogP contribution in [-0.4, -0.2) is 59.7 Å².